The largest absolute Gasteiger partial charge is 0.353 e. The Hall–Kier alpha value is -1.16. The maximum Gasteiger partial charge on any atom is 0.157 e. The Kier molecular flexibility index (Phi) is 39.0. The number of unbranched alkanes of at least 4 members (excludes halogenated alkanes) is 19. The Balaban J connectivity index is 3.80. The molecule has 0 fully saturated rings. The normalized spacial score (nSPS) is 13.2. The van der Waals surface area contributed by atoms with Crippen LogP contribution in [0.4, 0.5) is 0 Å². The second kappa shape index (κ2) is 40.0. The van der Waals surface area contributed by atoms with Gasteiger partial charge in [0, 0.05) is 6.61 Å². The highest BCUT2D eigenvalue weighted by molar-refractivity contribution is 4.93. The summed E-state index contributed by atoms with van der Waals surface area (Å²) in [6, 6.07) is 0. The summed E-state index contributed by atoms with van der Waals surface area (Å²) in [5.41, 5.74) is 0. The van der Waals surface area contributed by atoms with E-state index in [0.29, 0.717) is 0 Å². The van der Waals surface area contributed by atoms with E-state index in [1.807, 2.05) is 0 Å². The maximum atomic E-state index is 6.24. The zero-order valence-electron chi connectivity index (χ0n) is 31.7. The molecule has 0 aliphatic carbocycles. The second-order valence-corrected chi connectivity index (χ2v) is 13.6. The molecule has 0 aliphatic heterocycles. The minimum Gasteiger partial charge on any atom is -0.353 e. The van der Waals surface area contributed by atoms with E-state index in [-0.39, 0.29) is 6.29 Å². The Morgan fingerprint density at radius 1 is 0.413 bits per heavy atom. The van der Waals surface area contributed by atoms with Gasteiger partial charge in [0.15, 0.2) is 6.29 Å². The van der Waals surface area contributed by atoms with Gasteiger partial charge in [-0.1, -0.05) is 146 Å². The van der Waals surface area contributed by atoms with Crippen LogP contribution in [0.1, 0.15) is 187 Å². The van der Waals surface area contributed by atoms with Gasteiger partial charge in [-0.15, -0.1) is 0 Å². The topological polar surface area (TPSA) is 21.7 Å². The smallest absolute Gasteiger partial charge is 0.157 e. The molecule has 3 heteroatoms. The first-order chi connectivity index (χ1) is 22.7. The SMILES string of the molecule is CCCCC/C=C\C/C=C\CCCCCCCCCC(OCCCCCCCC/C=C\C/C=C\CCCCC)OCCCN(C)C. The molecule has 0 aromatic rings. The molecule has 0 amide bonds. The molecule has 0 N–H and O–H groups in total. The number of hydrogen-bond donors (Lipinski definition) is 0. The highest BCUT2D eigenvalue weighted by Gasteiger charge is 2.09. The summed E-state index contributed by atoms with van der Waals surface area (Å²) < 4.78 is 12.4. The monoisotopic (exact) mass is 644 g/mol. The lowest BCUT2D eigenvalue weighted by molar-refractivity contribution is -0.148. The molecule has 1 atom stereocenters. The number of ether oxygens (including phenoxy) is 2. The van der Waals surface area contributed by atoms with Crippen LogP contribution in [0.25, 0.3) is 0 Å². The van der Waals surface area contributed by atoms with E-state index < -0.39 is 0 Å². The molecular weight excluding hydrogens is 562 g/mol. The van der Waals surface area contributed by atoms with Crippen LogP contribution in [0.5, 0.6) is 0 Å². The lowest BCUT2D eigenvalue weighted by Crippen LogP contribution is -2.21. The fourth-order valence-electron chi connectivity index (χ4n) is 5.59. The van der Waals surface area contributed by atoms with Crippen LogP contribution in [0.2, 0.25) is 0 Å². The molecule has 0 aliphatic rings. The van der Waals surface area contributed by atoms with Gasteiger partial charge in [-0.3, -0.25) is 0 Å². The van der Waals surface area contributed by atoms with Gasteiger partial charge in [0.2, 0.25) is 0 Å². The molecule has 0 spiro atoms. The van der Waals surface area contributed by atoms with E-state index in [1.165, 1.54) is 141 Å². The Morgan fingerprint density at radius 3 is 1.22 bits per heavy atom. The molecule has 0 bridgehead atoms. The average molecular weight is 644 g/mol. The van der Waals surface area contributed by atoms with Crippen LogP contribution in [0.3, 0.4) is 0 Å². The van der Waals surface area contributed by atoms with Crippen molar-refractivity contribution in [3.8, 4) is 0 Å². The van der Waals surface area contributed by atoms with Crippen molar-refractivity contribution >= 4 is 0 Å². The van der Waals surface area contributed by atoms with Crippen LogP contribution >= 0.6 is 0 Å². The molecule has 270 valence electrons. The minimum absolute atomic E-state index is 0.0156. The third-order valence-electron chi connectivity index (χ3n) is 8.59. The summed E-state index contributed by atoms with van der Waals surface area (Å²) in [5.74, 6) is 0. The third-order valence-corrected chi connectivity index (χ3v) is 8.59. The molecule has 3 nitrogen and oxygen atoms in total. The van der Waals surface area contributed by atoms with Crippen molar-refractivity contribution in [2.75, 3.05) is 33.9 Å². The van der Waals surface area contributed by atoms with Gasteiger partial charge in [-0.2, -0.15) is 0 Å². The molecule has 0 saturated heterocycles. The quantitative estimate of drug-likeness (QED) is 0.0382. The molecule has 0 heterocycles. The fourth-order valence-corrected chi connectivity index (χ4v) is 5.59. The van der Waals surface area contributed by atoms with E-state index >= 15 is 0 Å². The summed E-state index contributed by atoms with van der Waals surface area (Å²) in [5, 5.41) is 0. The van der Waals surface area contributed by atoms with Crippen molar-refractivity contribution < 1.29 is 9.47 Å². The van der Waals surface area contributed by atoms with Gasteiger partial charge in [0.25, 0.3) is 0 Å². The summed E-state index contributed by atoms with van der Waals surface area (Å²) in [6.07, 6.45) is 53.2. The first kappa shape index (κ1) is 44.8. The highest BCUT2D eigenvalue weighted by atomic mass is 16.7. The number of allylic oxidation sites excluding steroid dienone is 8. The molecule has 0 rings (SSSR count). The average Bonchev–Trinajstić information content (AvgIpc) is 3.05. The van der Waals surface area contributed by atoms with Crippen molar-refractivity contribution in [2.45, 2.75) is 193 Å². The zero-order chi connectivity index (χ0) is 33.4. The second-order valence-electron chi connectivity index (χ2n) is 13.6. The van der Waals surface area contributed by atoms with E-state index in [2.05, 4.69) is 81.5 Å². The van der Waals surface area contributed by atoms with E-state index in [4.69, 9.17) is 9.47 Å². The summed E-state index contributed by atoms with van der Waals surface area (Å²) in [4.78, 5) is 2.23. The molecule has 1 unspecified atom stereocenters. The van der Waals surface area contributed by atoms with Crippen LogP contribution in [0.15, 0.2) is 48.6 Å². The Labute approximate surface area is 289 Å². The van der Waals surface area contributed by atoms with Crippen molar-refractivity contribution in [3.63, 3.8) is 0 Å². The van der Waals surface area contributed by atoms with Crippen molar-refractivity contribution in [3.05, 3.63) is 48.6 Å². The molecule has 0 saturated carbocycles. The molecule has 0 aromatic carbocycles. The Morgan fingerprint density at radius 2 is 0.783 bits per heavy atom. The van der Waals surface area contributed by atoms with Crippen LogP contribution in [-0.4, -0.2) is 45.0 Å². The van der Waals surface area contributed by atoms with Gasteiger partial charge in [-0.05, 0) is 111 Å². The minimum atomic E-state index is -0.0156. The standard InChI is InChI=1S/C43H81NO2/c1-5-7-9-11-13-15-17-19-21-23-24-26-28-30-32-34-36-39-43(46-42-38-40-44(3)4)45-41-37-35-33-31-29-27-25-22-20-18-16-14-12-10-8-6-2/h13-16,19-22,43H,5-12,17-18,23-42H2,1-4H3/b15-13-,16-14-,21-19-,22-20-. The highest BCUT2D eigenvalue weighted by Crippen LogP contribution is 2.15. The zero-order valence-corrected chi connectivity index (χ0v) is 31.7. The van der Waals surface area contributed by atoms with Crippen LogP contribution in [-0.2, 0) is 9.47 Å². The van der Waals surface area contributed by atoms with E-state index in [1.54, 1.807) is 0 Å². The number of nitrogens with zero attached hydrogens (tertiary/aromatic N) is 1. The molecule has 46 heavy (non-hydrogen) atoms. The summed E-state index contributed by atoms with van der Waals surface area (Å²) >= 11 is 0. The van der Waals surface area contributed by atoms with E-state index in [9.17, 15) is 0 Å². The van der Waals surface area contributed by atoms with Gasteiger partial charge in [-0.25, -0.2) is 0 Å². The lowest BCUT2D eigenvalue weighted by Gasteiger charge is -2.19. The van der Waals surface area contributed by atoms with Gasteiger partial charge >= 0.3 is 0 Å². The van der Waals surface area contributed by atoms with Crippen molar-refractivity contribution in [1.82, 2.24) is 4.90 Å². The third kappa shape index (κ3) is 39.0. The van der Waals surface area contributed by atoms with Crippen molar-refractivity contribution in [2.24, 2.45) is 0 Å². The fraction of sp³-hybridized carbons (Fsp3) is 0.814. The summed E-state index contributed by atoms with van der Waals surface area (Å²) in [7, 11) is 4.26. The molecular formula is C43H81NO2. The molecule has 0 radical (unpaired) electrons. The number of hydrogen-bond acceptors (Lipinski definition) is 3. The predicted molar refractivity (Wildman–Crippen MR) is 207 cm³/mol. The number of rotatable bonds is 37. The van der Waals surface area contributed by atoms with Crippen LogP contribution < -0.4 is 0 Å². The first-order valence-electron chi connectivity index (χ1n) is 20.2. The maximum absolute atomic E-state index is 6.24. The van der Waals surface area contributed by atoms with Gasteiger partial charge in [0.05, 0.1) is 6.61 Å². The predicted octanol–water partition coefficient (Wildman–Crippen LogP) is 13.7. The van der Waals surface area contributed by atoms with E-state index in [0.717, 1.165) is 51.9 Å². The Bertz CT molecular complexity index is 630. The van der Waals surface area contributed by atoms with Gasteiger partial charge in [0.1, 0.15) is 0 Å². The lowest BCUT2D eigenvalue weighted by atomic mass is 10.1. The van der Waals surface area contributed by atoms with Crippen LogP contribution in [0, 0.1) is 0 Å². The van der Waals surface area contributed by atoms with Gasteiger partial charge < -0.3 is 14.4 Å². The van der Waals surface area contributed by atoms with Crippen molar-refractivity contribution in [1.29, 1.82) is 0 Å². The summed E-state index contributed by atoms with van der Waals surface area (Å²) in [6.45, 7) is 7.25. The first-order valence-corrected chi connectivity index (χ1v) is 20.2. The molecule has 0 aromatic heterocycles.